The van der Waals surface area contributed by atoms with E-state index in [9.17, 15) is 10.1 Å². The fourth-order valence-corrected chi connectivity index (χ4v) is 2.92. The van der Waals surface area contributed by atoms with Crippen LogP contribution in [0.1, 0.15) is 0 Å². The molecule has 5 N–H and O–H groups in total. The third kappa shape index (κ3) is 2.01. The summed E-state index contributed by atoms with van der Waals surface area (Å²) in [4.78, 5) is 22.0. The molecule has 118 valence electrons. The number of H-pyrrole nitrogens is 1. The highest BCUT2D eigenvalue weighted by Gasteiger charge is 2.15. The summed E-state index contributed by atoms with van der Waals surface area (Å²) in [5.74, 6) is 0.382. The van der Waals surface area contributed by atoms with Gasteiger partial charge >= 0.3 is 0 Å². The fraction of sp³-hybridized carbons (Fsp3) is 0. The van der Waals surface area contributed by atoms with Gasteiger partial charge in [-0.05, 0) is 17.7 Å². The van der Waals surface area contributed by atoms with E-state index in [1.165, 1.54) is 12.1 Å². The van der Waals surface area contributed by atoms with Crippen LogP contribution in [0, 0.1) is 10.1 Å². The molecule has 2 aromatic carbocycles. The lowest BCUT2D eigenvalue weighted by Gasteiger charge is -2.09. The van der Waals surface area contributed by atoms with Crippen molar-refractivity contribution in [1.29, 1.82) is 0 Å². The number of aromatic amines is 1. The van der Waals surface area contributed by atoms with E-state index in [1.807, 2.05) is 18.2 Å². The second-order valence-corrected chi connectivity index (χ2v) is 5.36. The van der Waals surface area contributed by atoms with Crippen LogP contribution in [0.5, 0.6) is 0 Å². The van der Waals surface area contributed by atoms with Crippen molar-refractivity contribution in [3.8, 4) is 11.1 Å². The second kappa shape index (κ2) is 4.92. The molecule has 0 spiro atoms. The lowest BCUT2D eigenvalue weighted by molar-refractivity contribution is -0.384. The first-order valence-corrected chi connectivity index (χ1v) is 7.12. The fourth-order valence-electron chi connectivity index (χ4n) is 2.92. The van der Waals surface area contributed by atoms with Gasteiger partial charge in [0.05, 0.1) is 21.3 Å². The summed E-state index contributed by atoms with van der Waals surface area (Å²) in [7, 11) is 0. The molecule has 0 aliphatic carbocycles. The maximum Gasteiger partial charge on any atom is 0.270 e. The van der Waals surface area contributed by atoms with Gasteiger partial charge in [0, 0.05) is 29.3 Å². The van der Waals surface area contributed by atoms with Crippen molar-refractivity contribution in [2.45, 2.75) is 0 Å². The number of nitro groups is 1. The third-order valence-electron chi connectivity index (χ3n) is 3.92. The van der Waals surface area contributed by atoms with Gasteiger partial charge in [-0.2, -0.15) is 4.98 Å². The Kier molecular flexibility index (Phi) is 2.86. The molecule has 0 bridgehead atoms. The SMILES string of the molecule is Nc1nc(N)c2c(cc(-c3cccc([N+](=O)[O-])c3)c3[nH]ccc32)n1. The van der Waals surface area contributed by atoms with Crippen LogP contribution in [0.3, 0.4) is 0 Å². The molecule has 0 amide bonds. The summed E-state index contributed by atoms with van der Waals surface area (Å²) in [6.07, 6.45) is 1.78. The number of rotatable bonds is 2. The number of nitrogens with two attached hydrogens (primary N) is 2. The van der Waals surface area contributed by atoms with Gasteiger partial charge in [0.25, 0.3) is 5.69 Å². The Hall–Kier alpha value is -3.68. The molecule has 0 saturated carbocycles. The van der Waals surface area contributed by atoms with Crippen LogP contribution in [0.25, 0.3) is 32.9 Å². The van der Waals surface area contributed by atoms with Crippen LogP contribution in [-0.2, 0) is 0 Å². The highest BCUT2D eigenvalue weighted by Crippen LogP contribution is 2.36. The highest BCUT2D eigenvalue weighted by atomic mass is 16.6. The topological polar surface area (TPSA) is 137 Å². The summed E-state index contributed by atoms with van der Waals surface area (Å²) < 4.78 is 0. The summed E-state index contributed by atoms with van der Waals surface area (Å²) >= 11 is 0. The largest absolute Gasteiger partial charge is 0.383 e. The summed E-state index contributed by atoms with van der Waals surface area (Å²) in [5.41, 5.74) is 14.6. The van der Waals surface area contributed by atoms with E-state index in [0.29, 0.717) is 22.3 Å². The number of non-ortho nitro benzene ring substituents is 1. The first-order valence-electron chi connectivity index (χ1n) is 7.12. The maximum absolute atomic E-state index is 11.0. The van der Waals surface area contributed by atoms with Gasteiger partial charge in [-0.3, -0.25) is 10.1 Å². The van der Waals surface area contributed by atoms with Crippen molar-refractivity contribution in [1.82, 2.24) is 15.0 Å². The van der Waals surface area contributed by atoms with Gasteiger partial charge in [0.1, 0.15) is 5.82 Å². The molecule has 4 rings (SSSR count). The zero-order valence-corrected chi connectivity index (χ0v) is 12.4. The first-order chi connectivity index (χ1) is 11.5. The average Bonchev–Trinajstić information content (AvgIpc) is 3.02. The van der Waals surface area contributed by atoms with E-state index in [2.05, 4.69) is 15.0 Å². The minimum absolute atomic E-state index is 0.0222. The molecule has 0 unspecified atom stereocenters. The van der Waals surface area contributed by atoms with E-state index in [4.69, 9.17) is 11.5 Å². The Bertz CT molecular complexity index is 1120. The molecule has 0 aliphatic heterocycles. The predicted octanol–water partition coefficient (Wildman–Crippen LogP) is 2.85. The van der Waals surface area contributed by atoms with Crippen LogP contribution in [-0.4, -0.2) is 19.9 Å². The molecule has 8 nitrogen and oxygen atoms in total. The molecule has 0 aliphatic rings. The van der Waals surface area contributed by atoms with E-state index >= 15 is 0 Å². The van der Waals surface area contributed by atoms with Gasteiger partial charge in [-0.25, -0.2) is 4.98 Å². The van der Waals surface area contributed by atoms with Gasteiger partial charge < -0.3 is 16.5 Å². The molecule has 0 saturated heterocycles. The maximum atomic E-state index is 11.0. The number of fused-ring (bicyclic) bond motifs is 3. The Morgan fingerprint density at radius 2 is 1.96 bits per heavy atom. The van der Waals surface area contributed by atoms with E-state index in [-0.39, 0.29) is 11.6 Å². The molecule has 0 fully saturated rings. The number of nitrogens with one attached hydrogen (secondary N) is 1. The molecule has 0 atom stereocenters. The Morgan fingerprint density at radius 1 is 1.12 bits per heavy atom. The first kappa shape index (κ1) is 13.9. The molecule has 0 radical (unpaired) electrons. The molecule has 4 aromatic rings. The van der Waals surface area contributed by atoms with E-state index in [0.717, 1.165) is 16.5 Å². The zero-order valence-electron chi connectivity index (χ0n) is 12.4. The normalized spacial score (nSPS) is 11.2. The van der Waals surface area contributed by atoms with Gasteiger partial charge in [-0.15, -0.1) is 0 Å². The number of anilines is 2. The van der Waals surface area contributed by atoms with Crippen molar-refractivity contribution in [3.05, 3.63) is 52.7 Å². The monoisotopic (exact) mass is 320 g/mol. The Labute approximate surface area is 135 Å². The number of nitrogens with zero attached hydrogens (tertiary/aromatic N) is 3. The molecular weight excluding hydrogens is 308 g/mol. The van der Waals surface area contributed by atoms with Crippen molar-refractivity contribution in [3.63, 3.8) is 0 Å². The highest BCUT2D eigenvalue weighted by molar-refractivity contribution is 6.15. The van der Waals surface area contributed by atoms with Gasteiger partial charge in [0.2, 0.25) is 5.95 Å². The minimum Gasteiger partial charge on any atom is -0.383 e. The number of nitro benzene ring substituents is 1. The number of hydrogen-bond donors (Lipinski definition) is 3. The van der Waals surface area contributed by atoms with E-state index in [1.54, 1.807) is 12.3 Å². The minimum atomic E-state index is -0.422. The van der Waals surface area contributed by atoms with Crippen molar-refractivity contribution >= 4 is 39.3 Å². The average molecular weight is 320 g/mol. The number of hydrogen-bond acceptors (Lipinski definition) is 6. The van der Waals surface area contributed by atoms with Crippen LogP contribution in [0.2, 0.25) is 0 Å². The van der Waals surface area contributed by atoms with E-state index < -0.39 is 4.92 Å². The van der Waals surface area contributed by atoms with Gasteiger partial charge in [-0.1, -0.05) is 12.1 Å². The van der Waals surface area contributed by atoms with Crippen LogP contribution < -0.4 is 11.5 Å². The van der Waals surface area contributed by atoms with Gasteiger partial charge in [0.15, 0.2) is 0 Å². The zero-order chi connectivity index (χ0) is 16.8. The number of nitrogen functional groups attached to an aromatic ring is 2. The summed E-state index contributed by atoms with van der Waals surface area (Å²) in [5, 5.41) is 12.6. The predicted molar refractivity (Wildman–Crippen MR) is 92.3 cm³/mol. The standard InChI is InChI=1S/C16H12N6O2/c17-15-13-10-4-5-19-14(10)11(7-12(13)20-16(18)21-15)8-2-1-3-9(6-8)22(23)24/h1-7,19H,(H4,17,18,20,21). The summed E-state index contributed by atoms with van der Waals surface area (Å²) in [6, 6.07) is 10.1. The molecule has 24 heavy (non-hydrogen) atoms. The van der Waals surface area contributed by atoms with Crippen LogP contribution in [0.4, 0.5) is 17.5 Å². The molecule has 2 aromatic heterocycles. The van der Waals surface area contributed by atoms with Crippen LogP contribution >= 0.6 is 0 Å². The third-order valence-corrected chi connectivity index (χ3v) is 3.92. The smallest absolute Gasteiger partial charge is 0.270 e. The second-order valence-electron chi connectivity index (χ2n) is 5.36. The lowest BCUT2D eigenvalue weighted by atomic mass is 9.99. The molecular formula is C16H12N6O2. The Balaban J connectivity index is 2.10. The van der Waals surface area contributed by atoms with Crippen molar-refractivity contribution in [2.24, 2.45) is 0 Å². The summed E-state index contributed by atoms with van der Waals surface area (Å²) in [6.45, 7) is 0. The molecule has 8 heteroatoms. The number of aromatic nitrogens is 3. The van der Waals surface area contributed by atoms with Crippen molar-refractivity contribution in [2.75, 3.05) is 11.5 Å². The number of benzene rings is 2. The molecule has 2 heterocycles. The Morgan fingerprint density at radius 3 is 2.75 bits per heavy atom. The van der Waals surface area contributed by atoms with Crippen molar-refractivity contribution < 1.29 is 4.92 Å². The quantitative estimate of drug-likeness (QED) is 0.383. The van der Waals surface area contributed by atoms with Crippen LogP contribution in [0.15, 0.2) is 42.6 Å². The lowest BCUT2D eigenvalue weighted by Crippen LogP contribution is -2.01.